The fourth-order valence-electron chi connectivity index (χ4n) is 2.32. The molecule has 0 heterocycles. The molecule has 1 atom stereocenters. The summed E-state index contributed by atoms with van der Waals surface area (Å²) in [6.07, 6.45) is -0.668. The van der Waals surface area contributed by atoms with Crippen LogP contribution in [-0.2, 0) is 11.3 Å². The quantitative estimate of drug-likeness (QED) is 0.880. The van der Waals surface area contributed by atoms with Crippen LogP contribution < -0.4 is 4.74 Å². The van der Waals surface area contributed by atoms with E-state index in [0.717, 1.165) is 16.7 Å². The number of aliphatic hydroxyl groups excluding tert-OH is 1. The van der Waals surface area contributed by atoms with E-state index in [1.54, 1.807) is 7.11 Å². The maximum Gasteiger partial charge on any atom is 0.125 e. The Bertz CT molecular complexity index is 578. The summed E-state index contributed by atoms with van der Waals surface area (Å²) >= 11 is 0. The van der Waals surface area contributed by atoms with Crippen molar-refractivity contribution in [2.24, 2.45) is 0 Å². The molecule has 0 aromatic heterocycles. The molecule has 1 N–H and O–H groups in total. The van der Waals surface area contributed by atoms with E-state index in [-0.39, 0.29) is 6.10 Å². The first kappa shape index (κ1) is 15.5. The molecule has 0 amide bonds. The lowest BCUT2D eigenvalue weighted by molar-refractivity contribution is 0.173. The molecule has 2 rings (SSSR count). The van der Waals surface area contributed by atoms with Crippen molar-refractivity contribution in [2.45, 2.75) is 32.7 Å². The Labute approximate surface area is 126 Å². The van der Waals surface area contributed by atoms with Crippen LogP contribution in [0.5, 0.6) is 5.75 Å². The van der Waals surface area contributed by atoms with Gasteiger partial charge in [0.1, 0.15) is 11.9 Å². The summed E-state index contributed by atoms with van der Waals surface area (Å²) in [5.41, 5.74) is 2.60. The molecule has 21 heavy (non-hydrogen) atoms. The van der Waals surface area contributed by atoms with Gasteiger partial charge in [0.15, 0.2) is 0 Å². The summed E-state index contributed by atoms with van der Waals surface area (Å²) in [6.45, 7) is 4.42. The van der Waals surface area contributed by atoms with Crippen LogP contribution >= 0.6 is 0 Å². The van der Waals surface area contributed by atoms with Crippen LogP contribution in [0.4, 0.5) is 0 Å². The van der Waals surface area contributed by atoms with E-state index in [1.165, 1.54) is 0 Å². The first-order valence-electron chi connectivity index (χ1n) is 7.14. The molecule has 2 aromatic rings. The van der Waals surface area contributed by atoms with Crippen LogP contribution in [0.25, 0.3) is 0 Å². The maximum atomic E-state index is 10.8. The number of methoxy groups -OCH3 is 1. The monoisotopic (exact) mass is 286 g/mol. The Morgan fingerprint density at radius 3 is 2.24 bits per heavy atom. The number of benzene rings is 2. The zero-order valence-corrected chi connectivity index (χ0v) is 12.7. The highest BCUT2D eigenvalue weighted by molar-refractivity contribution is 5.42. The summed E-state index contributed by atoms with van der Waals surface area (Å²) in [4.78, 5) is 0. The second-order valence-electron chi connectivity index (χ2n) is 5.24. The maximum absolute atomic E-state index is 10.8. The molecule has 0 spiro atoms. The molecule has 1 unspecified atom stereocenters. The predicted molar refractivity (Wildman–Crippen MR) is 83.4 cm³/mol. The van der Waals surface area contributed by atoms with E-state index in [9.17, 15) is 5.11 Å². The van der Waals surface area contributed by atoms with Gasteiger partial charge in [0.25, 0.3) is 0 Å². The Balaban J connectivity index is 2.38. The van der Waals surface area contributed by atoms with E-state index in [4.69, 9.17) is 9.47 Å². The molecular formula is C18H22O3. The van der Waals surface area contributed by atoms with Crippen molar-refractivity contribution in [1.29, 1.82) is 0 Å². The minimum Gasteiger partial charge on any atom is -0.491 e. The van der Waals surface area contributed by atoms with Crippen LogP contribution in [0.1, 0.15) is 36.6 Å². The molecular weight excluding hydrogens is 264 g/mol. The molecule has 0 aliphatic rings. The molecule has 0 aliphatic heterocycles. The standard InChI is InChI=1S/C18H22O3/c1-13(2)21-17-11-7-6-10-16(17)18(19)15-9-5-4-8-14(15)12-20-3/h4-11,13,18-19H,12H2,1-3H3. The lowest BCUT2D eigenvalue weighted by atomic mass is 9.96. The van der Waals surface area contributed by atoms with Gasteiger partial charge in [-0.3, -0.25) is 0 Å². The number of aliphatic hydroxyl groups is 1. The van der Waals surface area contributed by atoms with E-state index in [2.05, 4.69) is 0 Å². The molecule has 0 radical (unpaired) electrons. The molecule has 3 nitrogen and oxygen atoms in total. The number of hydrogen-bond acceptors (Lipinski definition) is 3. The average molecular weight is 286 g/mol. The number of ether oxygens (including phenoxy) is 2. The van der Waals surface area contributed by atoms with E-state index in [1.807, 2.05) is 62.4 Å². The van der Waals surface area contributed by atoms with Gasteiger partial charge in [0.2, 0.25) is 0 Å². The molecule has 0 saturated carbocycles. The second kappa shape index (κ2) is 7.25. The van der Waals surface area contributed by atoms with Crippen LogP contribution in [0.3, 0.4) is 0 Å². The van der Waals surface area contributed by atoms with Crippen molar-refractivity contribution in [3.8, 4) is 5.75 Å². The number of rotatable bonds is 6. The summed E-state index contributed by atoms with van der Waals surface area (Å²) in [5, 5.41) is 10.8. The van der Waals surface area contributed by atoms with Gasteiger partial charge in [0, 0.05) is 12.7 Å². The van der Waals surface area contributed by atoms with E-state index >= 15 is 0 Å². The van der Waals surface area contributed by atoms with Gasteiger partial charge < -0.3 is 14.6 Å². The molecule has 2 aromatic carbocycles. The Hall–Kier alpha value is -1.84. The minimum absolute atomic E-state index is 0.0626. The van der Waals surface area contributed by atoms with Gasteiger partial charge in [-0.25, -0.2) is 0 Å². The second-order valence-corrected chi connectivity index (χ2v) is 5.24. The molecule has 112 valence electrons. The van der Waals surface area contributed by atoms with Crippen molar-refractivity contribution in [1.82, 2.24) is 0 Å². The molecule has 0 bridgehead atoms. The van der Waals surface area contributed by atoms with Crippen molar-refractivity contribution in [2.75, 3.05) is 7.11 Å². The lowest BCUT2D eigenvalue weighted by Crippen LogP contribution is -2.11. The van der Waals surface area contributed by atoms with Gasteiger partial charge in [-0.05, 0) is 31.0 Å². The Kier molecular flexibility index (Phi) is 5.37. The van der Waals surface area contributed by atoms with E-state index < -0.39 is 6.10 Å². The normalized spacial score (nSPS) is 12.4. The third-order valence-corrected chi connectivity index (χ3v) is 3.23. The molecule has 0 aliphatic carbocycles. The highest BCUT2D eigenvalue weighted by Gasteiger charge is 2.18. The van der Waals surface area contributed by atoms with Crippen LogP contribution in [0.15, 0.2) is 48.5 Å². The minimum atomic E-state index is -0.730. The SMILES string of the molecule is COCc1ccccc1C(O)c1ccccc1OC(C)C. The fourth-order valence-corrected chi connectivity index (χ4v) is 2.32. The van der Waals surface area contributed by atoms with Crippen molar-refractivity contribution < 1.29 is 14.6 Å². The van der Waals surface area contributed by atoms with Crippen LogP contribution in [-0.4, -0.2) is 18.3 Å². The van der Waals surface area contributed by atoms with E-state index in [0.29, 0.717) is 12.4 Å². The summed E-state index contributed by atoms with van der Waals surface area (Å²) < 4.78 is 11.0. The molecule has 0 saturated heterocycles. The topological polar surface area (TPSA) is 38.7 Å². The highest BCUT2D eigenvalue weighted by Crippen LogP contribution is 2.32. The lowest BCUT2D eigenvalue weighted by Gasteiger charge is -2.20. The third-order valence-electron chi connectivity index (χ3n) is 3.23. The van der Waals surface area contributed by atoms with Crippen LogP contribution in [0, 0.1) is 0 Å². The highest BCUT2D eigenvalue weighted by atomic mass is 16.5. The zero-order valence-electron chi connectivity index (χ0n) is 12.7. The molecule has 0 fully saturated rings. The van der Waals surface area contributed by atoms with Crippen LogP contribution in [0.2, 0.25) is 0 Å². The van der Waals surface area contributed by atoms with Crippen molar-refractivity contribution in [3.05, 3.63) is 65.2 Å². The van der Waals surface area contributed by atoms with Crippen molar-refractivity contribution >= 4 is 0 Å². The number of hydrogen-bond donors (Lipinski definition) is 1. The predicted octanol–water partition coefficient (Wildman–Crippen LogP) is 3.70. The van der Waals surface area contributed by atoms with Gasteiger partial charge in [-0.2, -0.15) is 0 Å². The summed E-state index contributed by atoms with van der Waals surface area (Å²) in [6, 6.07) is 15.4. The first-order chi connectivity index (χ1) is 10.1. The average Bonchev–Trinajstić information content (AvgIpc) is 2.47. The zero-order chi connectivity index (χ0) is 15.2. The van der Waals surface area contributed by atoms with Crippen molar-refractivity contribution in [3.63, 3.8) is 0 Å². The molecule has 3 heteroatoms. The van der Waals surface area contributed by atoms with Gasteiger partial charge in [-0.1, -0.05) is 42.5 Å². The third kappa shape index (κ3) is 3.84. The summed E-state index contributed by atoms with van der Waals surface area (Å²) in [7, 11) is 1.65. The van der Waals surface area contributed by atoms with Gasteiger partial charge >= 0.3 is 0 Å². The Morgan fingerprint density at radius 2 is 1.57 bits per heavy atom. The largest absolute Gasteiger partial charge is 0.491 e. The fraction of sp³-hybridized carbons (Fsp3) is 0.333. The Morgan fingerprint density at radius 1 is 0.952 bits per heavy atom. The first-order valence-corrected chi connectivity index (χ1v) is 7.14. The van der Waals surface area contributed by atoms with Gasteiger partial charge in [-0.15, -0.1) is 0 Å². The number of para-hydroxylation sites is 1. The smallest absolute Gasteiger partial charge is 0.125 e. The van der Waals surface area contributed by atoms with Gasteiger partial charge in [0.05, 0.1) is 12.7 Å². The summed E-state index contributed by atoms with van der Waals surface area (Å²) in [5.74, 6) is 0.715.